The van der Waals surface area contributed by atoms with E-state index < -0.39 is 0 Å². The summed E-state index contributed by atoms with van der Waals surface area (Å²) in [4.78, 5) is 28.1. The van der Waals surface area contributed by atoms with Crippen LogP contribution in [0.25, 0.3) is 16.9 Å². The fourth-order valence-corrected chi connectivity index (χ4v) is 4.63. The lowest BCUT2D eigenvalue weighted by Gasteiger charge is -2.22. The summed E-state index contributed by atoms with van der Waals surface area (Å²) in [5.41, 5.74) is 3.94. The predicted octanol–water partition coefficient (Wildman–Crippen LogP) is 7.29. The average Bonchev–Trinajstić information content (AvgIpc) is 3.39. The number of hydrogen-bond acceptors (Lipinski definition) is 3. The molecule has 4 rings (SSSR count). The number of benzene rings is 3. The summed E-state index contributed by atoms with van der Waals surface area (Å²) in [6.45, 7) is 4.54. The van der Waals surface area contributed by atoms with Crippen molar-refractivity contribution in [2.75, 3.05) is 18.4 Å². The largest absolute Gasteiger partial charge is 0.329 e. The summed E-state index contributed by atoms with van der Waals surface area (Å²) >= 11 is 0. The number of rotatable bonds is 13. The van der Waals surface area contributed by atoms with Crippen molar-refractivity contribution in [3.8, 4) is 16.9 Å². The average molecular weight is 541 g/mol. The number of carbonyl (C=O) groups excluding carboxylic acids is 2. The number of aromatic nitrogens is 2. The Balaban J connectivity index is 1.49. The lowest BCUT2D eigenvalue weighted by atomic mass is 10.0. The Morgan fingerprint density at radius 1 is 0.875 bits per heavy atom. The number of hydrogen-bond donors (Lipinski definition) is 1. The Labute approximate surface area is 235 Å². The van der Waals surface area contributed by atoms with E-state index in [1.807, 2.05) is 61.5 Å². The first-order chi connectivity index (χ1) is 19.5. The van der Waals surface area contributed by atoms with Gasteiger partial charge in [-0.15, -0.1) is 0 Å². The van der Waals surface area contributed by atoms with Gasteiger partial charge in [0.15, 0.2) is 0 Å². The lowest BCUT2D eigenvalue weighted by Crippen LogP contribution is -2.38. The zero-order valence-corrected chi connectivity index (χ0v) is 23.3. The Hall–Kier alpha value is -4.26. The van der Waals surface area contributed by atoms with Crippen molar-refractivity contribution in [1.82, 2.24) is 14.7 Å². The molecule has 0 aliphatic heterocycles. The number of carbonyl (C=O) groups is 2. The standard InChI is InChI=1S/C33H37FN4O2/c1-3-5-6-8-11-25-14-16-27(17-15-25)33(40)37(22-4-2)24-32(39)35-31-23-30(26-12-9-7-10-13-26)36-38(31)29-20-18-28(34)19-21-29/h7,9-10,12-21,23H,3-6,8,11,22,24H2,1-2H3,(H,35,39). The topological polar surface area (TPSA) is 67.2 Å². The Morgan fingerprint density at radius 2 is 1.60 bits per heavy atom. The summed E-state index contributed by atoms with van der Waals surface area (Å²) in [6, 6.07) is 25.0. The van der Waals surface area contributed by atoms with E-state index >= 15 is 0 Å². The highest BCUT2D eigenvalue weighted by atomic mass is 19.1. The number of unbranched alkanes of at least 4 members (excludes halogenated alkanes) is 3. The summed E-state index contributed by atoms with van der Waals surface area (Å²) < 4.78 is 15.2. The van der Waals surface area contributed by atoms with Crippen molar-refractivity contribution < 1.29 is 14.0 Å². The molecular weight excluding hydrogens is 503 g/mol. The third-order valence-corrected chi connectivity index (χ3v) is 6.75. The van der Waals surface area contributed by atoms with Gasteiger partial charge >= 0.3 is 0 Å². The van der Waals surface area contributed by atoms with E-state index in [1.54, 1.807) is 27.8 Å². The molecule has 2 amide bonds. The molecule has 1 N–H and O–H groups in total. The van der Waals surface area contributed by atoms with E-state index in [1.165, 1.54) is 37.0 Å². The molecule has 3 aromatic carbocycles. The van der Waals surface area contributed by atoms with Crippen molar-refractivity contribution in [3.63, 3.8) is 0 Å². The maximum atomic E-state index is 13.6. The van der Waals surface area contributed by atoms with Gasteiger partial charge in [-0.1, -0.05) is 75.6 Å². The normalized spacial score (nSPS) is 10.9. The molecule has 0 aliphatic carbocycles. The minimum absolute atomic E-state index is 0.0965. The van der Waals surface area contributed by atoms with Gasteiger partial charge in [0.25, 0.3) is 5.91 Å². The Bertz CT molecular complexity index is 1380. The fourth-order valence-electron chi connectivity index (χ4n) is 4.63. The molecule has 1 aromatic heterocycles. The van der Waals surface area contributed by atoms with Crippen LogP contribution in [0.15, 0.2) is 84.9 Å². The van der Waals surface area contributed by atoms with Crippen LogP contribution in [-0.4, -0.2) is 39.6 Å². The number of anilines is 1. The van der Waals surface area contributed by atoms with E-state index in [4.69, 9.17) is 0 Å². The molecule has 40 heavy (non-hydrogen) atoms. The first kappa shape index (κ1) is 28.7. The Morgan fingerprint density at radius 3 is 2.27 bits per heavy atom. The predicted molar refractivity (Wildman–Crippen MR) is 158 cm³/mol. The van der Waals surface area contributed by atoms with Crippen molar-refractivity contribution in [2.45, 2.75) is 52.4 Å². The monoisotopic (exact) mass is 540 g/mol. The summed E-state index contributed by atoms with van der Waals surface area (Å²) in [5.74, 6) is -0.432. The minimum atomic E-state index is -0.358. The second kappa shape index (κ2) is 14.2. The van der Waals surface area contributed by atoms with Gasteiger partial charge in [-0.05, 0) is 61.2 Å². The van der Waals surface area contributed by atoms with Gasteiger partial charge in [-0.2, -0.15) is 5.10 Å². The Kier molecular flexibility index (Phi) is 10.2. The molecule has 0 radical (unpaired) electrons. The van der Waals surface area contributed by atoms with Gasteiger partial charge in [0, 0.05) is 23.7 Å². The van der Waals surface area contributed by atoms with Gasteiger partial charge in [0.05, 0.1) is 11.4 Å². The number of halogens is 1. The van der Waals surface area contributed by atoms with Crippen LogP contribution in [0, 0.1) is 5.82 Å². The molecule has 6 nitrogen and oxygen atoms in total. The van der Waals surface area contributed by atoms with Crippen LogP contribution in [0.1, 0.15) is 61.9 Å². The zero-order chi connectivity index (χ0) is 28.3. The third kappa shape index (κ3) is 7.65. The van der Waals surface area contributed by atoms with E-state index in [-0.39, 0.29) is 24.2 Å². The molecule has 0 saturated carbocycles. The number of nitrogens with zero attached hydrogens (tertiary/aromatic N) is 3. The molecule has 0 saturated heterocycles. The van der Waals surface area contributed by atoms with Crippen molar-refractivity contribution in [1.29, 1.82) is 0 Å². The molecule has 1 heterocycles. The van der Waals surface area contributed by atoms with Crippen LogP contribution in [0.5, 0.6) is 0 Å². The second-order valence-electron chi connectivity index (χ2n) is 9.95. The van der Waals surface area contributed by atoms with Crippen LogP contribution in [0.4, 0.5) is 10.2 Å². The summed E-state index contributed by atoms with van der Waals surface area (Å²) in [6.07, 6.45) is 6.52. The molecule has 0 bridgehead atoms. The fraction of sp³-hybridized carbons (Fsp3) is 0.303. The van der Waals surface area contributed by atoms with Crippen molar-refractivity contribution in [3.05, 3.63) is 102 Å². The second-order valence-corrected chi connectivity index (χ2v) is 9.95. The van der Waals surface area contributed by atoms with Gasteiger partial charge in [0.1, 0.15) is 18.2 Å². The van der Waals surface area contributed by atoms with Crippen LogP contribution in [-0.2, 0) is 11.2 Å². The smallest absolute Gasteiger partial charge is 0.254 e. The highest BCUT2D eigenvalue weighted by Gasteiger charge is 2.20. The van der Waals surface area contributed by atoms with Gasteiger partial charge in [0.2, 0.25) is 5.91 Å². The molecule has 0 spiro atoms. The van der Waals surface area contributed by atoms with Crippen LogP contribution in [0.2, 0.25) is 0 Å². The van der Waals surface area contributed by atoms with Gasteiger partial charge in [-0.3, -0.25) is 9.59 Å². The molecule has 0 unspecified atom stereocenters. The SMILES string of the molecule is CCCCCCc1ccc(C(=O)N(CCC)CC(=O)Nc2cc(-c3ccccc3)nn2-c2ccc(F)cc2)cc1. The molecule has 0 atom stereocenters. The molecule has 4 aromatic rings. The van der Waals surface area contributed by atoms with Gasteiger partial charge in [-0.25, -0.2) is 9.07 Å². The van der Waals surface area contributed by atoms with E-state index in [0.29, 0.717) is 29.3 Å². The first-order valence-electron chi connectivity index (χ1n) is 14.1. The maximum absolute atomic E-state index is 13.6. The number of nitrogens with one attached hydrogen (secondary N) is 1. The maximum Gasteiger partial charge on any atom is 0.254 e. The van der Waals surface area contributed by atoms with Crippen LogP contribution in [0.3, 0.4) is 0 Å². The van der Waals surface area contributed by atoms with Crippen molar-refractivity contribution >= 4 is 17.6 Å². The van der Waals surface area contributed by atoms with E-state index in [0.717, 1.165) is 24.8 Å². The minimum Gasteiger partial charge on any atom is -0.329 e. The molecular formula is C33H37FN4O2. The summed E-state index contributed by atoms with van der Waals surface area (Å²) in [5, 5.41) is 7.60. The number of amides is 2. The molecule has 0 aliphatic rings. The molecule has 0 fully saturated rings. The highest BCUT2D eigenvalue weighted by molar-refractivity contribution is 5.99. The number of aryl methyl sites for hydroxylation is 1. The molecule has 7 heteroatoms. The quantitative estimate of drug-likeness (QED) is 0.181. The van der Waals surface area contributed by atoms with E-state index in [2.05, 4.69) is 17.3 Å². The van der Waals surface area contributed by atoms with Crippen molar-refractivity contribution in [2.24, 2.45) is 0 Å². The highest BCUT2D eigenvalue weighted by Crippen LogP contribution is 2.25. The lowest BCUT2D eigenvalue weighted by molar-refractivity contribution is -0.116. The zero-order valence-electron chi connectivity index (χ0n) is 23.3. The van der Waals surface area contributed by atoms with E-state index in [9.17, 15) is 14.0 Å². The van der Waals surface area contributed by atoms with Crippen LogP contribution < -0.4 is 5.32 Å². The molecule has 208 valence electrons. The van der Waals surface area contributed by atoms with Gasteiger partial charge < -0.3 is 10.2 Å². The third-order valence-electron chi connectivity index (χ3n) is 6.75. The summed E-state index contributed by atoms with van der Waals surface area (Å²) in [7, 11) is 0. The first-order valence-corrected chi connectivity index (χ1v) is 14.1. The van der Waals surface area contributed by atoms with Crippen LogP contribution >= 0.6 is 0 Å².